The average Bonchev–Trinajstić information content (AvgIpc) is 2.15. The van der Waals surface area contributed by atoms with Crippen molar-refractivity contribution < 1.29 is 9.90 Å². The van der Waals surface area contributed by atoms with Gasteiger partial charge in [-0.2, -0.15) is 5.10 Å². The van der Waals surface area contributed by atoms with E-state index >= 15 is 0 Å². The van der Waals surface area contributed by atoms with Crippen LogP contribution in [0.2, 0.25) is 0 Å². The highest BCUT2D eigenvalue weighted by Crippen LogP contribution is 2.10. The summed E-state index contributed by atoms with van der Waals surface area (Å²) in [7, 11) is 0. The van der Waals surface area contributed by atoms with E-state index in [2.05, 4.69) is 22.1 Å². The molecule has 0 radical (unpaired) electrons. The van der Waals surface area contributed by atoms with E-state index in [-0.39, 0.29) is 17.9 Å². The highest BCUT2D eigenvalue weighted by molar-refractivity contribution is 6.29. The predicted molar refractivity (Wildman–Crippen MR) is 52.5 cm³/mol. The van der Waals surface area contributed by atoms with Crippen LogP contribution in [-0.2, 0) is 0 Å². The molecule has 0 atom stereocenters. The van der Waals surface area contributed by atoms with E-state index in [1.807, 2.05) is 0 Å². The molecule has 0 aliphatic rings. The van der Waals surface area contributed by atoms with Gasteiger partial charge in [0.15, 0.2) is 5.82 Å². The molecule has 2 N–H and O–H groups in total. The van der Waals surface area contributed by atoms with Crippen molar-refractivity contribution in [2.45, 2.75) is 0 Å². The predicted octanol–water partition coefficient (Wildman–Crippen LogP) is 1.34. The molecule has 0 unspecified atom stereocenters. The molecule has 1 heterocycles. The molecule has 1 rings (SSSR count). The lowest BCUT2D eigenvalue weighted by atomic mass is 10.3. The van der Waals surface area contributed by atoms with Gasteiger partial charge < -0.3 is 10.4 Å². The number of hydrogen-bond donors (Lipinski definition) is 2. The number of aromatic carboxylic acids is 1. The zero-order valence-corrected chi connectivity index (χ0v) is 7.95. The number of carboxylic acids is 1. The number of carboxylic acid groups (broad SMARTS) is 1. The van der Waals surface area contributed by atoms with E-state index in [9.17, 15) is 4.79 Å². The van der Waals surface area contributed by atoms with Crippen LogP contribution in [0, 0.1) is 0 Å². The Morgan fingerprint density at radius 2 is 2.43 bits per heavy atom. The maximum Gasteiger partial charge on any atom is 0.339 e. The van der Waals surface area contributed by atoms with Gasteiger partial charge in [0.25, 0.3) is 0 Å². The fourth-order valence-corrected chi connectivity index (χ4v) is 0.881. The Bertz CT molecular complexity index is 367. The van der Waals surface area contributed by atoms with Crippen LogP contribution >= 0.6 is 11.6 Å². The van der Waals surface area contributed by atoms with Gasteiger partial charge in [0, 0.05) is 5.03 Å². The topological polar surface area (TPSA) is 75.1 Å². The first-order valence-corrected chi connectivity index (χ1v) is 4.11. The van der Waals surface area contributed by atoms with Gasteiger partial charge in [-0.05, 0) is 6.07 Å². The highest BCUT2D eigenvalue weighted by Gasteiger charge is 2.10. The fraction of sp³-hybridized carbons (Fsp3) is 0.125. The molecule has 5 nitrogen and oxygen atoms in total. The summed E-state index contributed by atoms with van der Waals surface area (Å²) in [6.45, 7) is 3.70. The molecule has 0 amide bonds. The summed E-state index contributed by atoms with van der Waals surface area (Å²) < 4.78 is 0. The Labute approximate surface area is 85.4 Å². The van der Waals surface area contributed by atoms with Gasteiger partial charge >= 0.3 is 5.97 Å². The summed E-state index contributed by atoms with van der Waals surface area (Å²) in [6.07, 6.45) is 1.31. The molecule has 14 heavy (non-hydrogen) atoms. The van der Waals surface area contributed by atoms with Crippen molar-refractivity contribution in [2.75, 3.05) is 11.9 Å². The fourth-order valence-electron chi connectivity index (χ4n) is 0.815. The van der Waals surface area contributed by atoms with E-state index < -0.39 is 5.97 Å². The van der Waals surface area contributed by atoms with Crippen LogP contribution in [0.1, 0.15) is 10.4 Å². The number of nitrogens with one attached hydrogen (secondary N) is 1. The summed E-state index contributed by atoms with van der Waals surface area (Å²) in [5, 5.41) is 19.0. The number of rotatable bonds is 4. The standard InChI is InChI=1S/C8H8ClN3O2/c1-5(9)4-10-7-6(8(13)14)2-3-11-12-7/h2-3H,1,4H2,(H,10,12)(H,13,14). The van der Waals surface area contributed by atoms with Gasteiger partial charge in [-0.3, -0.25) is 0 Å². The van der Waals surface area contributed by atoms with E-state index in [4.69, 9.17) is 16.7 Å². The van der Waals surface area contributed by atoms with Crippen LogP contribution in [-0.4, -0.2) is 27.8 Å². The van der Waals surface area contributed by atoms with Crippen molar-refractivity contribution in [2.24, 2.45) is 0 Å². The molecule has 0 saturated heterocycles. The summed E-state index contributed by atoms with van der Waals surface area (Å²) in [5.41, 5.74) is 0.0536. The molecule has 0 saturated carbocycles. The molecule has 1 aromatic rings. The third kappa shape index (κ3) is 2.70. The zero-order valence-electron chi connectivity index (χ0n) is 7.20. The van der Waals surface area contributed by atoms with E-state index in [1.54, 1.807) is 0 Å². The van der Waals surface area contributed by atoms with Crippen molar-refractivity contribution in [3.63, 3.8) is 0 Å². The molecule has 1 aromatic heterocycles. The smallest absolute Gasteiger partial charge is 0.339 e. The van der Waals surface area contributed by atoms with Crippen LogP contribution in [0.4, 0.5) is 5.82 Å². The monoisotopic (exact) mass is 213 g/mol. The van der Waals surface area contributed by atoms with Crippen LogP contribution in [0.15, 0.2) is 23.9 Å². The van der Waals surface area contributed by atoms with E-state index in [0.29, 0.717) is 5.03 Å². The van der Waals surface area contributed by atoms with Crippen molar-refractivity contribution in [1.29, 1.82) is 0 Å². The third-order valence-corrected chi connectivity index (χ3v) is 1.53. The third-order valence-electron chi connectivity index (χ3n) is 1.40. The maximum absolute atomic E-state index is 10.7. The Morgan fingerprint density at radius 3 is 3.00 bits per heavy atom. The molecule has 0 aliphatic carbocycles. The molecule has 0 spiro atoms. The van der Waals surface area contributed by atoms with Crippen molar-refractivity contribution in [1.82, 2.24) is 10.2 Å². The first-order valence-electron chi connectivity index (χ1n) is 3.73. The summed E-state index contributed by atoms with van der Waals surface area (Å²) in [4.78, 5) is 10.7. The normalized spacial score (nSPS) is 9.50. The van der Waals surface area contributed by atoms with Gasteiger partial charge in [0.05, 0.1) is 12.7 Å². The van der Waals surface area contributed by atoms with Gasteiger partial charge in [0.2, 0.25) is 0 Å². The highest BCUT2D eigenvalue weighted by atomic mass is 35.5. The van der Waals surface area contributed by atoms with Crippen molar-refractivity contribution >= 4 is 23.4 Å². The number of aromatic nitrogens is 2. The van der Waals surface area contributed by atoms with Crippen LogP contribution in [0.25, 0.3) is 0 Å². The number of halogens is 1. The maximum atomic E-state index is 10.7. The summed E-state index contributed by atoms with van der Waals surface area (Å²) >= 11 is 5.51. The minimum atomic E-state index is -1.07. The molecule has 0 fully saturated rings. The Balaban J connectivity index is 2.84. The van der Waals surface area contributed by atoms with Gasteiger partial charge in [-0.25, -0.2) is 4.79 Å². The van der Waals surface area contributed by atoms with Crippen LogP contribution < -0.4 is 5.32 Å². The number of carbonyl (C=O) groups is 1. The molecule has 0 aromatic carbocycles. The van der Waals surface area contributed by atoms with E-state index in [1.165, 1.54) is 12.3 Å². The van der Waals surface area contributed by atoms with Crippen LogP contribution in [0.3, 0.4) is 0 Å². The van der Waals surface area contributed by atoms with Gasteiger partial charge in [-0.1, -0.05) is 18.2 Å². The Hall–Kier alpha value is -1.62. The first-order chi connectivity index (χ1) is 6.61. The van der Waals surface area contributed by atoms with Crippen molar-refractivity contribution in [3.05, 3.63) is 29.4 Å². The second kappa shape index (κ2) is 4.57. The number of hydrogen-bond acceptors (Lipinski definition) is 4. The summed E-state index contributed by atoms with van der Waals surface area (Å²) in [6, 6.07) is 1.36. The molecular formula is C8H8ClN3O2. The van der Waals surface area contributed by atoms with Crippen molar-refractivity contribution in [3.8, 4) is 0 Å². The van der Waals surface area contributed by atoms with Gasteiger partial charge in [0.1, 0.15) is 5.56 Å². The Kier molecular flexibility index (Phi) is 3.41. The lowest BCUT2D eigenvalue weighted by Crippen LogP contribution is -2.10. The number of anilines is 1. The van der Waals surface area contributed by atoms with E-state index in [0.717, 1.165) is 0 Å². The van der Waals surface area contributed by atoms with Gasteiger partial charge in [-0.15, -0.1) is 5.10 Å². The largest absolute Gasteiger partial charge is 0.478 e. The SMILES string of the molecule is C=C(Cl)CNc1nnccc1C(=O)O. The molecular weight excluding hydrogens is 206 g/mol. The second-order valence-corrected chi connectivity index (χ2v) is 3.00. The molecule has 6 heteroatoms. The summed E-state index contributed by atoms with van der Waals surface area (Å²) in [5.74, 6) is -0.885. The quantitative estimate of drug-likeness (QED) is 0.790. The minimum Gasteiger partial charge on any atom is -0.478 e. The minimum absolute atomic E-state index is 0.0536. The molecule has 0 aliphatic heterocycles. The molecule has 74 valence electrons. The first kappa shape index (κ1) is 10.5. The average molecular weight is 214 g/mol. The molecule has 0 bridgehead atoms. The lowest BCUT2D eigenvalue weighted by Gasteiger charge is -2.05. The second-order valence-electron chi connectivity index (χ2n) is 2.47. The Morgan fingerprint density at radius 1 is 1.71 bits per heavy atom. The number of nitrogens with zero attached hydrogens (tertiary/aromatic N) is 2. The lowest BCUT2D eigenvalue weighted by molar-refractivity contribution is 0.0697. The zero-order chi connectivity index (χ0) is 10.6. The van der Waals surface area contributed by atoms with Crippen LogP contribution in [0.5, 0.6) is 0 Å².